The fourth-order valence-electron chi connectivity index (χ4n) is 3.79. The summed E-state index contributed by atoms with van der Waals surface area (Å²) in [6.45, 7) is 5.45. The minimum Gasteiger partial charge on any atom is -0.444 e. The quantitative estimate of drug-likeness (QED) is 0.477. The van der Waals surface area contributed by atoms with Crippen LogP contribution in [0.15, 0.2) is 48.5 Å². The average Bonchev–Trinajstić information content (AvgIpc) is 3.07. The van der Waals surface area contributed by atoms with Gasteiger partial charge in [0.15, 0.2) is 0 Å². The smallest absolute Gasteiger partial charge is 0.444 e. The average molecular weight is 455 g/mol. The molecule has 176 valence electrons. The summed E-state index contributed by atoms with van der Waals surface area (Å²) in [7, 11) is 0. The summed E-state index contributed by atoms with van der Waals surface area (Å²) in [6.07, 6.45) is -1.26. The summed E-state index contributed by atoms with van der Waals surface area (Å²) in [5.74, 6) is -1.08. The van der Waals surface area contributed by atoms with Crippen molar-refractivity contribution in [2.45, 2.75) is 51.2 Å². The number of carbonyl (C=O) groups excluding carboxylic acids is 3. The molecular formula is C25H30N2O6. The van der Waals surface area contributed by atoms with Gasteiger partial charge < -0.3 is 25.3 Å². The Morgan fingerprint density at radius 1 is 1.00 bits per heavy atom. The Labute approximate surface area is 193 Å². The Morgan fingerprint density at radius 2 is 1.58 bits per heavy atom. The lowest BCUT2D eigenvalue weighted by atomic mass is 9.98. The van der Waals surface area contributed by atoms with Gasteiger partial charge in [0, 0.05) is 5.92 Å². The van der Waals surface area contributed by atoms with Crippen LogP contribution in [-0.4, -0.2) is 43.0 Å². The van der Waals surface area contributed by atoms with Crippen molar-refractivity contribution in [2.24, 2.45) is 5.73 Å². The molecular weight excluding hydrogens is 424 g/mol. The van der Waals surface area contributed by atoms with Crippen molar-refractivity contribution in [3.8, 4) is 11.1 Å². The number of amides is 1. The topological polar surface area (TPSA) is 117 Å². The Hall–Kier alpha value is -3.39. The van der Waals surface area contributed by atoms with Gasteiger partial charge in [-0.25, -0.2) is 14.4 Å². The van der Waals surface area contributed by atoms with Gasteiger partial charge in [0.25, 0.3) is 0 Å². The highest BCUT2D eigenvalue weighted by Crippen LogP contribution is 2.44. The molecule has 0 heterocycles. The minimum absolute atomic E-state index is 0.0209. The number of hydrogen-bond acceptors (Lipinski definition) is 7. The number of rotatable bonds is 7. The number of nitrogens with one attached hydrogen (secondary N) is 1. The fourth-order valence-corrected chi connectivity index (χ4v) is 3.79. The number of hydrogen-bond donors (Lipinski definition) is 2. The largest absolute Gasteiger partial charge is 0.516 e. The molecule has 8 heteroatoms. The molecule has 1 aliphatic rings. The van der Waals surface area contributed by atoms with E-state index in [0.717, 1.165) is 22.3 Å². The second-order valence-electron chi connectivity index (χ2n) is 8.84. The van der Waals surface area contributed by atoms with Crippen LogP contribution >= 0.6 is 0 Å². The van der Waals surface area contributed by atoms with E-state index in [4.69, 9.17) is 19.9 Å². The summed E-state index contributed by atoms with van der Waals surface area (Å²) in [5.41, 5.74) is 9.06. The van der Waals surface area contributed by atoms with E-state index >= 15 is 0 Å². The summed E-state index contributed by atoms with van der Waals surface area (Å²) < 4.78 is 15.3. The van der Waals surface area contributed by atoms with Gasteiger partial charge in [-0.15, -0.1) is 0 Å². The van der Waals surface area contributed by atoms with E-state index in [2.05, 4.69) is 5.32 Å². The van der Waals surface area contributed by atoms with Gasteiger partial charge in [-0.3, -0.25) is 0 Å². The second-order valence-corrected chi connectivity index (χ2v) is 8.84. The van der Waals surface area contributed by atoms with Gasteiger partial charge in [-0.05, 0) is 62.4 Å². The van der Waals surface area contributed by atoms with Crippen LogP contribution < -0.4 is 11.1 Å². The van der Waals surface area contributed by atoms with E-state index in [9.17, 15) is 14.4 Å². The van der Waals surface area contributed by atoms with Crippen LogP contribution in [0, 0.1) is 0 Å². The first kappa shape index (κ1) is 24.3. The molecule has 0 aliphatic heterocycles. The summed E-state index contributed by atoms with van der Waals surface area (Å²) in [5, 5.41) is 2.44. The number of ether oxygens (including phenoxy) is 3. The molecule has 0 fully saturated rings. The van der Waals surface area contributed by atoms with Crippen molar-refractivity contribution in [3.63, 3.8) is 0 Å². The molecule has 0 aromatic heterocycles. The monoisotopic (exact) mass is 454 g/mol. The van der Waals surface area contributed by atoms with Crippen molar-refractivity contribution >= 4 is 18.2 Å². The van der Waals surface area contributed by atoms with E-state index in [1.54, 1.807) is 20.8 Å². The van der Waals surface area contributed by atoms with E-state index in [0.29, 0.717) is 13.0 Å². The first-order valence-electron chi connectivity index (χ1n) is 11.0. The molecule has 0 saturated heterocycles. The number of esters is 1. The molecule has 1 amide bonds. The highest BCUT2D eigenvalue weighted by atomic mass is 16.7. The Bertz CT molecular complexity index is 968. The molecule has 0 unspecified atom stereocenters. The lowest BCUT2D eigenvalue weighted by Crippen LogP contribution is -2.45. The molecule has 0 bridgehead atoms. The molecule has 3 N–H and O–H groups in total. The van der Waals surface area contributed by atoms with Crippen LogP contribution in [-0.2, 0) is 19.0 Å². The third-order valence-corrected chi connectivity index (χ3v) is 5.19. The van der Waals surface area contributed by atoms with Gasteiger partial charge >= 0.3 is 18.2 Å². The van der Waals surface area contributed by atoms with Crippen LogP contribution in [0.3, 0.4) is 0 Å². The van der Waals surface area contributed by atoms with Crippen LogP contribution in [0.2, 0.25) is 0 Å². The highest BCUT2D eigenvalue weighted by molar-refractivity contribution is 5.88. The second kappa shape index (κ2) is 10.5. The zero-order valence-corrected chi connectivity index (χ0v) is 19.1. The van der Waals surface area contributed by atoms with Crippen LogP contribution in [0.25, 0.3) is 11.1 Å². The predicted octanol–water partition coefficient (Wildman–Crippen LogP) is 4.11. The maximum Gasteiger partial charge on any atom is 0.516 e. The molecule has 3 rings (SSSR count). The van der Waals surface area contributed by atoms with Crippen LogP contribution in [0.1, 0.15) is 50.7 Å². The maximum atomic E-state index is 12.5. The predicted molar refractivity (Wildman–Crippen MR) is 123 cm³/mol. The number of fused-ring (bicyclic) bond motifs is 3. The first-order chi connectivity index (χ1) is 15.7. The lowest BCUT2D eigenvalue weighted by molar-refractivity contribution is -0.142. The van der Waals surface area contributed by atoms with E-state index in [1.165, 1.54) is 0 Å². The Kier molecular flexibility index (Phi) is 7.71. The number of benzene rings is 2. The maximum absolute atomic E-state index is 12.5. The molecule has 1 aliphatic carbocycles. The standard InChI is InChI=1S/C25H30N2O6/c1-25(2,3)33-23(29)27-21(13-8-14-26)22(28)32-24(30)31-15-20-18-11-6-4-9-16(18)17-10-5-7-12-19(17)20/h4-7,9-12,20-21H,8,13-15,26H2,1-3H3,(H,27,29)/t21-/m0/s1. The van der Waals surface area contributed by atoms with Crippen LogP contribution in [0.4, 0.5) is 9.59 Å². The van der Waals surface area contributed by atoms with Crippen LogP contribution in [0.5, 0.6) is 0 Å². The van der Waals surface area contributed by atoms with E-state index in [-0.39, 0.29) is 18.9 Å². The summed E-state index contributed by atoms with van der Waals surface area (Å²) in [4.78, 5) is 36.9. The van der Waals surface area contributed by atoms with Crippen molar-refractivity contribution in [1.29, 1.82) is 0 Å². The van der Waals surface area contributed by atoms with Crippen molar-refractivity contribution in [3.05, 3.63) is 59.7 Å². The molecule has 33 heavy (non-hydrogen) atoms. The molecule has 2 aromatic rings. The fraction of sp³-hybridized carbons (Fsp3) is 0.400. The van der Waals surface area contributed by atoms with Gasteiger partial charge in [0.05, 0.1) is 0 Å². The SMILES string of the molecule is CC(C)(C)OC(=O)N[C@@H](CCCN)C(=O)OC(=O)OCC1c2ccccc2-c2ccccc21. The molecule has 1 atom stereocenters. The molecule has 2 aromatic carbocycles. The number of carbonyl (C=O) groups is 3. The minimum atomic E-state index is -1.12. The molecule has 8 nitrogen and oxygen atoms in total. The van der Waals surface area contributed by atoms with E-state index in [1.807, 2.05) is 48.5 Å². The molecule has 0 saturated carbocycles. The number of nitrogens with two attached hydrogens (primary N) is 1. The van der Waals surface area contributed by atoms with Crippen molar-refractivity contribution in [2.75, 3.05) is 13.2 Å². The summed E-state index contributed by atoms with van der Waals surface area (Å²) in [6, 6.07) is 14.8. The zero-order chi connectivity index (χ0) is 24.0. The third-order valence-electron chi connectivity index (χ3n) is 5.19. The van der Waals surface area contributed by atoms with Gasteiger partial charge in [0.1, 0.15) is 18.2 Å². The highest BCUT2D eigenvalue weighted by Gasteiger charge is 2.31. The molecule has 0 radical (unpaired) electrons. The zero-order valence-electron chi connectivity index (χ0n) is 19.1. The lowest BCUT2D eigenvalue weighted by Gasteiger charge is -2.22. The van der Waals surface area contributed by atoms with Gasteiger partial charge in [0.2, 0.25) is 0 Å². The molecule has 0 spiro atoms. The van der Waals surface area contributed by atoms with Crippen molar-refractivity contribution < 1.29 is 28.6 Å². The summed E-state index contributed by atoms with van der Waals surface area (Å²) >= 11 is 0. The Balaban J connectivity index is 1.61. The van der Waals surface area contributed by atoms with Crippen molar-refractivity contribution in [1.82, 2.24) is 5.32 Å². The van der Waals surface area contributed by atoms with E-state index < -0.39 is 29.9 Å². The normalized spacial score (nSPS) is 13.5. The Morgan fingerprint density at radius 3 is 2.12 bits per heavy atom. The van der Waals surface area contributed by atoms with Gasteiger partial charge in [-0.1, -0.05) is 48.5 Å². The third kappa shape index (κ3) is 6.32. The number of alkyl carbamates (subject to hydrolysis) is 1. The van der Waals surface area contributed by atoms with Gasteiger partial charge in [-0.2, -0.15) is 0 Å². The first-order valence-corrected chi connectivity index (χ1v) is 11.0.